The van der Waals surface area contributed by atoms with Crippen LogP contribution in [-0.2, 0) is 9.53 Å². The average Bonchev–Trinajstić information content (AvgIpc) is 3.37. The molecule has 7 nitrogen and oxygen atoms in total. The van der Waals surface area contributed by atoms with Crippen molar-refractivity contribution in [2.75, 3.05) is 16.8 Å². The molecule has 0 bridgehead atoms. The number of carbonyl (C=O) groups excluding carboxylic acids is 2. The predicted octanol–water partition coefficient (Wildman–Crippen LogP) is 3.47. The van der Waals surface area contributed by atoms with E-state index in [-0.39, 0.29) is 46.9 Å². The first kappa shape index (κ1) is 17.5. The summed E-state index contributed by atoms with van der Waals surface area (Å²) in [6.07, 6.45) is 1.25. The molecule has 4 rings (SSSR count). The Morgan fingerprint density at radius 1 is 1.52 bits per heavy atom. The van der Waals surface area contributed by atoms with E-state index in [2.05, 4.69) is 16.4 Å². The lowest BCUT2D eigenvalue weighted by molar-refractivity contribution is -0.117. The van der Waals surface area contributed by atoms with Gasteiger partial charge in [-0.2, -0.15) is 5.26 Å². The number of carbonyl (C=O) groups is 2. The number of cyclic esters (lactones) is 1. The fraction of sp³-hybridized carbons (Fsp3) is 0.333. The lowest BCUT2D eigenvalue weighted by Crippen LogP contribution is -2.31. The number of amides is 2. The van der Waals surface area contributed by atoms with Gasteiger partial charge < -0.3 is 10.1 Å². The molecule has 1 aliphatic heterocycles. The van der Waals surface area contributed by atoms with Gasteiger partial charge in [0, 0.05) is 11.6 Å². The highest BCUT2D eigenvalue weighted by Crippen LogP contribution is 2.39. The zero-order valence-corrected chi connectivity index (χ0v) is 15.0. The quantitative estimate of drug-likeness (QED) is 0.868. The molecular formula is C18H14ClFN4O3. The van der Waals surface area contributed by atoms with E-state index >= 15 is 0 Å². The van der Waals surface area contributed by atoms with Crippen LogP contribution in [0.4, 0.5) is 20.7 Å². The minimum Gasteiger partial charge on any atom is -0.447 e. The van der Waals surface area contributed by atoms with Crippen LogP contribution >= 0.6 is 11.6 Å². The average molecular weight is 389 g/mol. The highest BCUT2D eigenvalue weighted by atomic mass is 35.5. The second kappa shape index (κ2) is 6.35. The number of aromatic nitrogens is 1. The van der Waals surface area contributed by atoms with Crippen LogP contribution < -0.4 is 10.2 Å². The van der Waals surface area contributed by atoms with Gasteiger partial charge in [0.2, 0.25) is 5.91 Å². The van der Waals surface area contributed by atoms with Gasteiger partial charge in [0.25, 0.3) is 0 Å². The molecule has 0 radical (unpaired) electrons. The number of nitrogens with one attached hydrogen (secondary N) is 1. The van der Waals surface area contributed by atoms with E-state index in [1.807, 2.05) is 0 Å². The summed E-state index contributed by atoms with van der Waals surface area (Å²) in [6, 6.07) is 4.75. The lowest BCUT2D eigenvalue weighted by atomic mass is 10.1. The summed E-state index contributed by atoms with van der Waals surface area (Å²) in [7, 11) is 0. The molecular weight excluding hydrogens is 375 g/mol. The molecule has 1 aromatic carbocycles. The van der Waals surface area contributed by atoms with Gasteiger partial charge in [0.15, 0.2) is 5.82 Å². The van der Waals surface area contributed by atoms with Crippen LogP contribution in [0.5, 0.6) is 0 Å². The maximum Gasteiger partial charge on any atom is 0.414 e. The third-order valence-electron chi connectivity index (χ3n) is 4.77. The van der Waals surface area contributed by atoms with Crippen molar-refractivity contribution < 1.29 is 18.7 Å². The van der Waals surface area contributed by atoms with Crippen LogP contribution in [0.2, 0.25) is 5.02 Å². The molecule has 1 aromatic heterocycles. The predicted molar refractivity (Wildman–Crippen MR) is 95.8 cm³/mol. The molecule has 0 unspecified atom stereocenters. The fourth-order valence-electron chi connectivity index (χ4n) is 3.16. The number of nitrogens with zero attached hydrogens (tertiary/aromatic N) is 3. The van der Waals surface area contributed by atoms with E-state index in [4.69, 9.17) is 21.6 Å². The van der Waals surface area contributed by atoms with E-state index < -0.39 is 11.9 Å². The molecule has 3 atom stereocenters. The van der Waals surface area contributed by atoms with Crippen molar-refractivity contribution >= 4 is 45.9 Å². The molecule has 1 saturated heterocycles. The van der Waals surface area contributed by atoms with Gasteiger partial charge in [-0.3, -0.25) is 9.69 Å². The first-order chi connectivity index (χ1) is 12.9. The van der Waals surface area contributed by atoms with Gasteiger partial charge in [0.1, 0.15) is 12.4 Å². The van der Waals surface area contributed by atoms with Crippen LogP contribution in [0.25, 0.3) is 10.8 Å². The van der Waals surface area contributed by atoms with Crippen molar-refractivity contribution in [3.63, 3.8) is 0 Å². The van der Waals surface area contributed by atoms with Crippen LogP contribution in [-0.4, -0.2) is 29.6 Å². The highest BCUT2D eigenvalue weighted by molar-refractivity contribution is 6.36. The van der Waals surface area contributed by atoms with Crippen LogP contribution in [0.1, 0.15) is 13.3 Å². The lowest BCUT2D eigenvalue weighted by Gasteiger charge is -2.20. The first-order valence-corrected chi connectivity index (χ1v) is 8.72. The Kier molecular flexibility index (Phi) is 4.12. The zero-order chi connectivity index (χ0) is 19.3. The van der Waals surface area contributed by atoms with Gasteiger partial charge in [-0.15, -0.1) is 0 Å². The summed E-state index contributed by atoms with van der Waals surface area (Å²) in [4.78, 5) is 29.3. The minimum absolute atomic E-state index is 0.0118. The third kappa shape index (κ3) is 2.94. The third-order valence-corrected chi connectivity index (χ3v) is 5.14. The molecule has 0 spiro atoms. The van der Waals surface area contributed by atoms with E-state index in [1.54, 1.807) is 13.0 Å². The van der Waals surface area contributed by atoms with Crippen LogP contribution in [0, 0.1) is 29.0 Å². The Bertz CT molecular complexity index is 1020. The Balaban J connectivity index is 1.70. The summed E-state index contributed by atoms with van der Waals surface area (Å²) < 4.78 is 19.7. The summed E-state index contributed by atoms with van der Waals surface area (Å²) in [5, 5.41) is 12.2. The number of fused-ring (bicyclic) bond motifs is 1. The number of halogens is 2. The second-order valence-electron chi connectivity index (χ2n) is 6.68. The van der Waals surface area contributed by atoms with E-state index in [1.165, 1.54) is 17.2 Å². The van der Waals surface area contributed by atoms with Crippen molar-refractivity contribution in [2.24, 2.45) is 11.8 Å². The van der Waals surface area contributed by atoms with Gasteiger partial charge in [-0.1, -0.05) is 11.6 Å². The van der Waals surface area contributed by atoms with Crippen LogP contribution in [0.15, 0.2) is 18.3 Å². The molecule has 9 heteroatoms. The van der Waals surface area contributed by atoms with Gasteiger partial charge in [-0.25, -0.2) is 14.2 Å². The highest BCUT2D eigenvalue weighted by Gasteiger charge is 2.43. The number of hydrogen-bond donors (Lipinski definition) is 1. The number of ether oxygens (including phenoxy) is 1. The van der Waals surface area contributed by atoms with E-state index in [9.17, 15) is 14.0 Å². The molecule has 2 amide bonds. The molecule has 2 aromatic rings. The number of hydrogen-bond acceptors (Lipinski definition) is 5. The van der Waals surface area contributed by atoms with Gasteiger partial charge in [-0.05, 0) is 30.9 Å². The number of benzene rings is 1. The monoisotopic (exact) mass is 388 g/mol. The SMILES string of the molecule is C[C@H]1COC(=O)N1c1cc2cc(NC(=O)[C@@H]3C[C@H]3C#N)ncc2c(Cl)c1F. The molecule has 138 valence electrons. The second-order valence-corrected chi connectivity index (χ2v) is 7.06. The fourth-order valence-corrected chi connectivity index (χ4v) is 3.41. The Morgan fingerprint density at radius 2 is 2.30 bits per heavy atom. The first-order valence-electron chi connectivity index (χ1n) is 8.35. The molecule has 1 saturated carbocycles. The number of nitriles is 1. The van der Waals surface area contributed by atoms with E-state index in [0.29, 0.717) is 17.2 Å². The zero-order valence-electron chi connectivity index (χ0n) is 14.2. The molecule has 1 N–H and O–H groups in total. The van der Waals surface area contributed by atoms with Crippen molar-refractivity contribution in [3.8, 4) is 6.07 Å². The van der Waals surface area contributed by atoms with Crippen LogP contribution in [0.3, 0.4) is 0 Å². The largest absolute Gasteiger partial charge is 0.447 e. The van der Waals surface area contributed by atoms with Gasteiger partial charge in [0.05, 0.1) is 34.7 Å². The van der Waals surface area contributed by atoms with Crippen molar-refractivity contribution in [1.29, 1.82) is 5.26 Å². The molecule has 27 heavy (non-hydrogen) atoms. The number of rotatable bonds is 3. The van der Waals surface area contributed by atoms with Crippen molar-refractivity contribution in [2.45, 2.75) is 19.4 Å². The maximum atomic E-state index is 14.7. The minimum atomic E-state index is -0.733. The Labute approximate surface area is 158 Å². The standard InChI is InChI=1S/C18H14ClFN4O3/c1-8-7-27-18(26)24(8)13-3-9-4-14(22-6-12(9)15(19)16(13)20)23-17(25)11-2-10(11)5-21/h3-4,6,8,10-11H,2,7H2,1H3,(H,22,23,25)/t8-,10-,11+/m0/s1. The van der Waals surface area contributed by atoms with Gasteiger partial charge >= 0.3 is 6.09 Å². The number of anilines is 2. The summed E-state index contributed by atoms with van der Waals surface area (Å²) in [5.74, 6) is -1.34. The normalized spacial score (nSPS) is 23.9. The molecule has 1 aliphatic carbocycles. The summed E-state index contributed by atoms with van der Waals surface area (Å²) >= 11 is 6.14. The number of pyridine rings is 1. The summed E-state index contributed by atoms with van der Waals surface area (Å²) in [5.41, 5.74) is 0.0118. The van der Waals surface area contributed by atoms with Crippen molar-refractivity contribution in [1.82, 2.24) is 4.98 Å². The smallest absolute Gasteiger partial charge is 0.414 e. The van der Waals surface area contributed by atoms with E-state index in [0.717, 1.165) is 0 Å². The maximum absolute atomic E-state index is 14.7. The Morgan fingerprint density at radius 3 is 2.93 bits per heavy atom. The molecule has 2 fully saturated rings. The molecule has 2 heterocycles. The molecule has 2 aliphatic rings. The van der Waals surface area contributed by atoms with Crippen molar-refractivity contribution in [3.05, 3.63) is 29.2 Å². The Hall–Kier alpha value is -2.92. The topological polar surface area (TPSA) is 95.3 Å². The summed E-state index contributed by atoms with van der Waals surface area (Å²) in [6.45, 7) is 1.90.